The van der Waals surface area contributed by atoms with E-state index < -0.39 is 37.0 Å². The molecule has 1 aromatic heterocycles. The quantitative estimate of drug-likeness (QED) is 0.605. The normalized spacial score (nSPS) is 11.1. The fourth-order valence-electron chi connectivity index (χ4n) is 2.14. The maximum atomic E-state index is 12.9. The van der Waals surface area contributed by atoms with Crippen LogP contribution in [0, 0.1) is 0 Å². The summed E-state index contributed by atoms with van der Waals surface area (Å²) in [6.45, 7) is -1.38. The molecule has 0 unspecified atom stereocenters. The number of carboxylic acids is 1. The van der Waals surface area contributed by atoms with Gasteiger partial charge in [-0.15, -0.1) is 0 Å². The zero-order valence-electron chi connectivity index (χ0n) is 14.6. The van der Waals surface area contributed by atoms with Crippen LogP contribution in [0.5, 0.6) is 0 Å². The number of alkyl halides is 3. The van der Waals surface area contributed by atoms with Crippen molar-refractivity contribution >= 4 is 17.8 Å². The van der Waals surface area contributed by atoms with Crippen molar-refractivity contribution in [1.82, 2.24) is 14.8 Å². The van der Waals surface area contributed by atoms with E-state index in [1.807, 2.05) is 0 Å². The SMILES string of the molecule is CN(CCCCO)C(=O)CN(Cc1cc(C(=O)O)ccn1)C(=O)C(F)(F)F. The number of hydrogen-bond acceptors (Lipinski definition) is 5. The lowest BCUT2D eigenvalue weighted by Crippen LogP contribution is -2.46. The van der Waals surface area contributed by atoms with Crippen LogP contribution in [0.15, 0.2) is 18.3 Å². The summed E-state index contributed by atoms with van der Waals surface area (Å²) in [6.07, 6.45) is -3.22. The van der Waals surface area contributed by atoms with Gasteiger partial charge in [0.1, 0.15) is 6.54 Å². The number of nitrogens with zero attached hydrogens (tertiary/aromatic N) is 3. The maximum absolute atomic E-state index is 12.9. The molecule has 0 saturated carbocycles. The Balaban J connectivity index is 2.94. The molecular formula is C16H20F3N3O5. The van der Waals surface area contributed by atoms with E-state index in [0.717, 1.165) is 23.2 Å². The number of carbonyl (C=O) groups is 3. The zero-order valence-corrected chi connectivity index (χ0v) is 14.6. The second kappa shape index (κ2) is 9.86. The Morgan fingerprint density at radius 1 is 1.22 bits per heavy atom. The van der Waals surface area contributed by atoms with Gasteiger partial charge in [-0.3, -0.25) is 14.6 Å². The van der Waals surface area contributed by atoms with Gasteiger partial charge in [0.05, 0.1) is 17.8 Å². The zero-order chi connectivity index (χ0) is 20.6. The fourth-order valence-corrected chi connectivity index (χ4v) is 2.14. The third-order valence-corrected chi connectivity index (χ3v) is 3.60. The molecule has 0 aromatic carbocycles. The van der Waals surface area contributed by atoms with Crippen LogP contribution in [0.1, 0.15) is 28.9 Å². The van der Waals surface area contributed by atoms with Gasteiger partial charge in [0.15, 0.2) is 0 Å². The number of carboxylic acid groups (broad SMARTS) is 1. The number of aliphatic hydroxyl groups is 1. The Bertz CT molecular complexity index is 682. The number of aromatic nitrogens is 1. The number of likely N-dealkylation sites (N-methyl/N-ethyl adjacent to an activating group) is 1. The van der Waals surface area contributed by atoms with E-state index in [-0.39, 0.29) is 29.3 Å². The Morgan fingerprint density at radius 2 is 1.89 bits per heavy atom. The number of carbonyl (C=O) groups excluding carboxylic acids is 2. The molecule has 27 heavy (non-hydrogen) atoms. The van der Waals surface area contributed by atoms with Gasteiger partial charge < -0.3 is 20.0 Å². The van der Waals surface area contributed by atoms with E-state index in [1.54, 1.807) is 0 Å². The highest BCUT2D eigenvalue weighted by Gasteiger charge is 2.43. The standard InChI is InChI=1S/C16H20F3N3O5/c1-21(6-2-3-7-23)13(24)10-22(15(27)16(17,18)19)9-12-8-11(14(25)26)4-5-20-12/h4-5,8,23H,2-3,6-7,9-10H2,1H3,(H,25,26). The summed E-state index contributed by atoms with van der Waals surface area (Å²) in [4.78, 5) is 39.9. The highest BCUT2D eigenvalue weighted by Crippen LogP contribution is 2.20. The monoisotopic (exact) mass is 391 g/mol. The summed E-state index contributed by atoms with van der Waals surface area (Å²) in [6, 6.07) is 2.19. The van der Waals surface area contributed by atoms with Gasteiger partial charge in [0.25, 0.3) is 0 Å². The number of aromatic carboxylic acids is 1. The summed E-state index contributed by atoms with van der Waals surface area (Å²) in [7, 11) is 1.37. The Labute approximate surface area is 153 Å². The molecule has 0 bridgehead atoms. The first-order chi connectivity index (χ1) is 12.6. The minimum atomic E-state index is -5.19. The molecule has 150 valence electrons. The second-order valence-corrected chi connectivity index (χ2v) is 5.75. The third kappa shape index (κ3) is 7.21. The van der Waals surface area contributed by atoms with Crippen molar-refractivity contribution in [3.8, 4) is 0 Å². The number of aliphatic hydroxyl groups excluding tert-OH is 1. The maximum Gasteiger partial charge on any atom is 0.471 e. The van der Waals surface area contributed by atoms with E-state index in [1.165, 1.54) is 7.05 Å². The Kier molecular flexibility index (Phi) is 8.16. The van der Waals surface area contributed by atoms with Crippen LogP contribution in [-0.4, -0.2) is 75.7 Å². The summed E-state index contributed by atoms with van der Waals surface area (Å²) in [5, 5.41) is 17.7. The number of rotatable bonds is 9. The highest BCUT2D eigenvalue weighted by molar-refractivity contribution is 5.88. The molecule has 1 heterocycles. The molecule has 0 atom stereocenters. The van der Waals surface area contributed by atoms with Crippen molar-refractivity contribution in [3.63, 3.8) is 0 Å². The van der Waals surface area contributed by atoms with Crippen molar-refractivity contribution in [2.45, 2.75) is 25.6 Å². The molecular weight excluding hydrogens is 371 g/mol. The van der Waals surface area contributed by atoms with E-state index >= 15 is 0 Å². The van der Waals surface area contributed by atoms with Crippen molar-refractivity contribution in [2.24, 2.45) is 0 Å². The van der Waals surface area contributed by atoms with Crippen LogP contribution in [0.4, 0.5) is 13.2 Å². The number of unbranched alkanes of at least 4 members (excludes halogenated alkanes) is 1. The number of hydrogen-bond donors (Lipinski definition) is 2. The van der Waals surface area contributed by atoms with Gasteiger partial charge in [-0.1, -0.05) is 0 Å². The van der Waals surface area contributed by atoms with E-state index in [4.69, 9.17) is 10.2 Å². The fraction of sp³-hybridized carbons (Fsp3) is 0.500. The Morgan fingerprint density at radius 3 is 2.44 bits per heavy atom. The molecule has 1 rings (SSSR count). The Hall–Kier alpha value is -2.69. The molecule has 0 radical (unpaired) electrons. The second-order valence-electron chi connectivity index (χ2n) is 5.75. The molecule has 0 aliphatic carbocycles. The molecule has 2 amide bonds. The third-order valence-electron chi connectivity index (χ3n) is 3.60. The first-order valence-electron chi connectivity index (χ1n) is 7.95. The van der Waals surface area contributed by atoms with Crippen LogP contribution < -0.4 is 0 Å². The minimum absolute atomic E-state index is 0.0771. The molecule has 0 saturated heterocycles. The van der Waals surface area contributed by atoms with Crippen LogP contribution >= 0.6 is 0 Å². The average molecular weight is 391 g/mol. The number of amides is 2. The van der Waals surface area contributed by atoms with Gasteiger partial charge in [-0.05, 0) is 25.0 Å². The van der Waals surface area contributed by atoms with Crippen LogP contribution in [0.2, 0.25) is 0 Å². The largest absolute Gasteiger partial charge is 0.478 e. The molecule has 0 aliphatic rings. The molecule has 11 heteroatoms. The van der Waals surface area contributed by atoms with Gasteiger partial charge in [-0.2, -0.15) is 13.2 Å². The van der Waals surface area contributed by atoms with E-state index in [2.05, 4.69) is 4.98 Å². The summed E-state index contributed by atoms with van der Waals surface area (Å²) >= 11 is 0. The molecule has 1 aromatic rings. The number of pyridine rings is 1. The topological polar surface area (TPSA) is 111 Å². The van der Waals surface area contributed by atoms with Crippen molar-refractivity contribution in [2.75, 3.05) is 26.7 Å². The van der Waals surface area contributed by atoms with Crippen LogP contribution in [0.3, 0.4) is 0 Å². The first-order valence-corrected chi connectivity index (χ1v) is 7.95. The van der Waals surface area contributed by atoms with Crippen LogP contribution in [0.25, 0.3) is 0 Å². The predicted molar refractivity (Wildman–Crippen MR) is 86.6 cm³/mol. The summed E-state index contributed by atoms with van der Waals surface area (Å²) in [5.41, 5.74) is -0.296. The molecule has 0 fully saturated rings. The molecule has 0 aliphatic heterocycles. The van der Waals surface area contributed by atoms with E-state index in [9.17, 15) is 27.6 Å². The lowest BCUT2D eigenvalue weighted by atomic mass is 10.2. The van der Waals surface area contributed by atoms with Crippen molar-refractivity contribution in [3.05, 3.63) is 29.6 Å². The van der Waals surface area contributed by atoms with Gasteiger partial charge in [0.2, 0.25) is 5.91 Å². The smallest absolute Gasteiger partial charge is 0.471 e. The first kappa shape index (κ1) is 22.4. The molecule has 0 spiro atoms. The summed E-state index contributed by atoms with van der Waals surface area (Å²) in [5.74, 6) is -4.24. The average Bonchev–Trinajstić information content (AvgIpc) is 2.59. The van der Waals surface area contributed by atoms with E-state index in [0.29, 0.717) is 12.8 Å². The van der Waals surface area contributed by atoms with Crippen molar-refractivity contribution < 1.29 is 37.8 Å². The lowest BCUT2D eigenvalue weighted by molar-refractivity contribution is -0.187. The predicted octanol–water partition coefficient (Wildman–Crippen LogP) is 0.902. The molecule has 8 nitrogen and oxygen atoms in total. The summed E-state index contributed by atoms with van der Waals surface area (Å²) < 4.78 is 38.6. The lowest BCUT2D eigenvalue weighted by Gasteiger charge is -2.26. The highest BCUT2D eigenvalue weighted by atomic mass is 19.4. The number of halogens is 3. The van der Waals surface area contributed by atoms with Gasteiger partial charge in [-0.25, -0.2) is 4.79 Å². The minimum Gasteiger partial charge on any atom is -0.478 e. The molecule has 2 N–H and O–H groups in total. The van der Waals surface area contributed by atoms with Gasteiger partial charge in [0, 0.05) is 26.4 Å². The van der Waals surface area contributed by atoms with Gasteiger partial charge >= 0.3 is 18.1 Å². The van der Waals surface area contributed by atoms with Crippen LogP contribution in [-0.2, 0) is 16.1 Å². The van der Waals surface area contributed by atoms with Crippen molar-refractivity contribution in [1.29, 1.82) is 0 Å².